The molecular formula is C14H21NO2. The van der Waals surface area contributed by atoms with Gasteiger partial charge in [0.05, 0.1) is 6.61 Å². The molecule has 0 amide bonds. The van der Waals surface area contributed by atoms with E-state index in [1.54, 1.807) is 19.2 Å². The monoisotopic (exact) mass is 235 g/mol. The molecule has 1 aliphatic heterocycles. The molecule has 1 aliphatic rings. The standard InChI is InChI=1S/C14H21NO2/c1-11(13-3-5-14(16)6-4-13)15-8-7-12(9-15)10-17-2/h3-6,11-12,16H,7-10H2,1-2H3. The van der Waals surface area contributed by atoms with Crippen molar-refractivity contribution in [2.45, 2.75) is 19.4 Å². The summed E-state index contributed by atoms with van der Waals surface area (Å²) in [5.41, 5.74) is 1.26. The van der Waals surface area contributed by atoms with Gasteiger partial charge >= 0.3 is 0 Å². The van der Waals surface area contributed by atoms with E-state index < -0.39 is 0 Å². The summed E-state index contributed by atoms with van der Waals surface area (Å²) >= 11 is 0. The van der Waals surface area contributed by atoms with Gasteiger partial charge < -0.3 is 9.84 Å². The van der Waals surface area contributed by atoms with Crippen molar-refractivity contribution in [3.63, 3.8) is 0 Å². The number of nitrogens with zero attached hydrogens (tertiary/aromatic N) is 1. The Morgan fingerprint density at radius 1 is 1.41 bits per heavy atom. The normalized spacial score (nSPS) is 22.8. The fraction of sp³-hybridized carbons (Fsp3) is 0.571. The van der Waals surface area contributed by atoms with Gasteiger partial charge in [0, 0.05) is 19.7 Å². The first-order valence-corrected chi connectivity index (χ1v) is 6.22. The lowest BCUT2D eigenvalue weighted by Gasteiger charge is -2.24. The lowest BCUT2D eigenvalue weighted by atomic mass is 10.1. The maximum absolute atomic E-state index is 9.29. The van der Waals surface area contributed by atoms with Crippen molar-refractivity contribution < 1.29 is 9.84 Å². The Labute approximate surface area is 103 Å². The third kappa shape index (κ3) is 2.99. The molecule has 94 valence electrons. The minimum absolute atomic E-state index is 0.333. The lowest BCUT2D eigenvalue weighted by Crippen LogP contribution is -2.25. The van der Waals surface area contributed by atoms with E-state index in [4.69, 9.17) is 4.74 Å². The minimum Gasteiger partial charge on any atom is -0.508 e. The van der Waals surface area contributed by atoms with Gasteiger partial charge in [-0.1, -0.05) is 12.1 Å². The maximum Gasteiger partial charge on any atom is 0.115 e. The average Bonchev–Trinajstić information content (AvgIpc) is 2.78. The number of benzene rings is 1. The van der Waals surface area contributed by atoms with Gasteiger partial charge in [0.15, 0.2) is 0 Å². The number of hydrogen-bond donors (Lipinski definition) is 1. The number of phenols is 1. The molecule has 1 N–H and O–H groups in total. The van der Waals surface area contributed by atoms with Gasteiger partial charge in [-0.25, -0.2) is 0 Å². The number of phenolic OH excluding ortho intramolecular Hbond substituents is 1. The molecule has 3 heteroatoms. The second kappa shape index (κ2) is 5.52. The number of methoxy groups -OCH3 is 1. The van der Waals surface area contributed by atoms with E-state index >= 15 is 0 Å². The smallest absolute Gasteiger partial charge is 0.115 e. The third-order valence-electron chi connectivity index (χ3n) is 3.64. The van der Waals surface area contributed by atoms with Crippen LogP contribution >= 0.6 is 0 Å². The molecule has 1 aromatic carbocycles. The number of ether oxygens (including phenoxy) is 1. The lowest BCUT2D eigenvalue weighted by molar-refractivity contribution is 0.148. The molecule has 1 fully saturated rings. The minimum atomic E-state index is 0.333. The van der Waals surface area contributed by atoms with E-state index in [9.17, 15) is 5.11 Å². The van der Waals surface area contributed by atoms with Crippen molar-refractivity contribution in [2.24, 2.45) is 5.92 Å². The Morgan fingerprint density at radius 3 is 2.76 bits per heavy atom. The number of likely N-dealkylation sites (tertiary alicyclic amines) is 1. The van der Waals surface area contributed by atoms with Crippen LogP contribution in [0.4, 0.5) is 0 Å². The Morgan fingerprint density at radius 2 is 2.12 bits per heavy atom. The summed E-state index contributed by atoms with van der Waals surface area (Å²) in [5, 5.41) is 9.29. The van der Waals surface area contributed by atoms with Gasteiger partial charge in [-0.3, -0.25) is 4.90 Å². The van der Waals surface area contributed by atoms with Crippen LogP contribution in [0.3, 0.4) is 0 Å². The number of hydrogen-bond acceptors (Lipinski definition) is 3. The highest BCUT2D eigenvalue weighted by Gasteiger charge is 2.26. The van der Waals surface area contributed by atoms with Crippen molar-refractivity contribution in [2.75, 3.05) is 26.8 Å². The van der Waals surface area contributed by atoms with Gasteiger partial charge in [-0.15, -0.1) is 0 Å². The van der Waals surface area contributed by atoms with Gasteiger partial charge in [0.1, 0.15) is 5.75 Å². The van der Waals surface area contributed by atoms with Crippen molar-refractivity contribution in [3.8, 4) is 5.75 Å². The van der Waals surface area contributed by atoms with Crippen LogP contribution in [0, 0.1) is 5.92 Å². The predicted molar refractivity (Wildman–Crippen MR) is 68.1 cm³/mol. The molecule has 3 nitrogen and oxygen atoms in total. The summed E-state index contributed by atoms with van der Waals surface area (Å²) < 4.78 is 5.22. The zero-order valence-electron chi connectivity index (χ0n) is 10.6. The van der Waals surface area contributed by atoms with Crippen LogP contribution in [-0.2, 0) is 4.74 Å². The summed E-state index contributed by atoms with van der Waals surface area (Å²) in [6, 6.07) is 7.94. The van der Waals surface area contributed by atoms with E-state index in [0.717, 1.165) is 19.7 Å². The zero-order valence-corrected chi connectivity index (χ0v) is 10.6. The van der Waals surface area contributed by atoms with E-state index in [0.29, 0.717) is 17.7 Å². The van der Waals surface area contributed by atoms with Crippen LogP contribution < -0.4 is 0 Å². The molecule has 2 unspecified atom stereocenters. The summed E-state index contributed by atoms with van der Waals surface area (Å²) in [6.07, 6.45) is 1.22. The largest absolute Gasteiger partial charge is 0.508 e. The van der Waals surface area contributed by atoms with Crippen LogP contribution in [0.5, 0.6) is 5.75 Å². The second-order valence-electron chi connectivity index (χ2n) is 4.87. The number of aromatic hydroxyl groups is 1. The van der Waals surface area contributed by atoms with Crippen molar-refractivity contribution in [1.82, 2.24) is 4.90 Å². The highest BCUT2D eigenvalue weighted by atomic mass is 16.5. The highest BCUT2D eigenvalue weighted by Crippen LogP contribution is 2.28. The fourth-order valence-corrected chi connectivity index (χ4v) is 2.55. The van der Waals surface area contributed by atoms with Crippen molar-refractivity contribution in [3.05, 3.63) is 29.8 Å². The fourth-order valence-electron chi connectivity index (χ4n) is 2.55. The molecule has 0 radical (unpaired) electrons. The summed E-state index contributed by atoms with van der Waals surface area (Å²) in [5.74, 6) is 0.999. The topological polar surface area (TPSA) is 32.7 Å². The SMILES string of the molecule is COCC1CCN(C(C)c2ccc(O)cc2)C1. The molecule has 2 rings (SSSR count). The highest BCUT2D eigenvalue weighted by molar-refractivity contribution is 5.27. The van der Waals surface area contributed by atoms with E-state index in [2.05, 4.69) is 11.8 Å². The van der Waals surface area contributed by atoms with E-state index in [1.807, 2.05) is 12.1 Å². The maximum atomic E-state index is 9.29. The van der Waals surface area contributed by atoms with Gasteiger partial charge in [0.2, 0.25) is 0 Å². The van der Waals surface area contributed by atoms with E-state index in [-0.39, 0.29) is 0 Å². The molecule has 0 aromatic heterocycles. The van der Waals surface area contributed by atoms with Gasteiger partial charge in [0.25, 0.3) is 0 Å². The summed E-state index contributed by atoms with van der Waals surface area (Å²) in [4.78, 5) is 2.48. The quantitative estimate of drug-likeness (QED) is 0.870. The first kappa shape index (κ1) is 12.4. The Hall–Kier alpha value is -1.06. The Kier molecular flexibility index (Phi) is 4.02. The average molecular weight is 235 g/mol. The molecule has 1 heterocycles. The predicted octanol–water partition coefficient (Wildman–Crippen LogP) is 2.42. The number of rotatable bonds is 4. The Bertz CT molecular complexity index is 350. The zero-order chi connectivity index (χ0) is 12.3. The first-order valence-electron chi connectivity index (χ1n) is 6.22. The van der Waals surface area contributed by atoms with Crippen LogP contribution in [0.15, 0.2) is 24.3 Å². The molecule has 0 saturated carbocycles. The molecule has 1 saturated heterocycles. The first-order chi connectivity index (χ1) is 8.20. The summed E-state index contributed by atoms with van der Waals surface area (Å²) in [7, 11) is 1.77. The van der Waals surface area contributed by atoms with E-state index in [1.165, 1.54) is 12.0 Å². The molecule has 0 aliphatic carbocycles. The van der Waals surface area contributed by atoms with Crippen LogP contribution in [0.1, 0.15) is 24.9 Å². The van der Waals surface area contributed by atoms with Crippen molar-refractivity contribution in [1.29, 1.82) is 0 Å². The third-order valence-corrected chi connectivity index (χ3v) is 3.64. The molecule has 17 heavy (non-hydrogen) atoms. The summed E-state index contributed by atoms with van der Waals surface area (Å²) in [6.45, 7) is 5.33. The molecule has 1 aromatic rings. The van der Waals surface area contributed by atoms with Crippen LogP contribution in [-0.4, -0.2) is 36.8 Å². The second-order valence-corrected chi connectivity index (χ2v) is 4.87. The molecular weight excluding hydrogens is 214 g/mol. The van der Waals surface area contributed by atoms with Crippen molar-refractivity contribution >= 4 is 0 Å². The van der Waals surface area contributed by atoms with Crippen LogP contribution in [0.2, 0.25) is 0 Å². The van der Waals surface area contributed by atoms with Gasteiger partial charge in [-0.05, 0) is 43.5 Å². The van der Waals surface area contributed by atoms with Gasteiger partial charge in [-0.2, -0.15) is 0 Å². The molecule has 2 atom stereocenters. The Balaban J connectivity index is 1.96. The van der Waals surface area contributed by atoms with Crippen LogP contribution in [0.25, 0.3) is 0 Å². The molecule has 0 bridgehead atoms. The molecule has 0 spiro atoms.